The number of benzene rings is 1. The third-order valence-corrected chi connectivity index (χ3v) is 1.90. The lowest BCUT2D eigenvalue weighted by molar-refractivity contribution is 0.0962. The van der Waals surface area contributed by atoms with Crippen molar-refractivity contribution in [3.05, 3.63) is 35.4 Å². The number of carbonyl (C=O) groups is 1. The maximum atomic E-state index is 11.4. The van der Waals surface area contributed by atoms with Crippen molar-refractivity contribution in [2.45, 2.75) is 6.42 Å². The van der Waals surface area contributed by atoms with Crippen LogP contribution in [0.15, 0.2) is 24.3 Å². The van der Waals surface area contributed by atoms with Gasteiger partial charge < -0.3 is 11.1 Å². The third kappa shape index (κ3) is 2.29. The molecule has 70 valence electrons. The Morgan fingerprint density at radius 3 is 2.77 bits per heavy atom. The Hall–Kier alpha value is -1.35. The number of amides is 1. The van der Waals surface area contributed by atoms with Gasteiger partial charge in [0.25, 0.3) is 5.91 Å². The monoisotopic (exact) mass is 178 g/mol. The average Bonchev–Trinajstić information content (AvgIpc) is 2.18. The van der Waals surface area contributed by atoms with Crippen LogP contribution in [0.1, 0.15) is 15.9 Å². The number of nitrogens with one attached hydrogen (secondary N) is 1. The fraction of sp³-hybridized carbons (Fsp3) is 0.300. The molecule has 1 amide bonds. The summed E-state index contributed by atoms with van der Waals surface area (Å²) in [5.74, 6) is -0.0518. The minimum absolute atomic E-state index is 0.0518. The van der Waals surface area contributed by atoms with Crippen LogP contribution in [0.25, 0.3) is 0 Å². The van der Waals surface area contributed by atoms with Gasteiger partial charge in [-0.15, -0.1) is 0 Å². The number of hydrogen-bond donors (Lipinski definition) is 2. The molecule has 0 bridgehead atoms. The molecule has 0 aromatic heterocycles. The first-order chi connectivity index (χ1) is 6.29. The van der Waals surface area contributed by atoms with E-state index in [1.807, 2.05) is 24.3 Å². The van der Waals surface area contributed by atoms with Crippen LogP contribution in [0, 0.1) is 0 Å². The zero-order valence-electron chi connectivity index (χ0n) is 7.71. The van der Waals surface area contributed by atoms with Crippen LogP contribution in [0.4, 0.5) is 0 Å². The summed E-state index contributed by atoms with van der Waals surface area (Å²) in [5.41, 5.74) is 7.16. The van der Waals surface area contributed by atoms with E-state index in [1.54, 1.807) is 7.05 Å². The molecular formula is C10H14N2O. The zero-order valence-corrected chi connectivity index (χ0v) is 7.71. The minimum Gasteiger partial charge on any atom is -0.355 e. The van der Waals surface area contributed by atoms with Crippen molar-refractivity contribution in [1.82, 2.24) is 5.32 Å². The van der Waals surface area contributed by atoms with Gasteiger partial charge in [-0.1, -0.05) is 18.2 Å². The van der Waals surface area contributed by atoms with E-state index in [0.717, 1.165) is 17.5 Å². The Bertz CT molecular complexity index is 297. The molecule has 0 aliphatic carbocycles. The standard InChI is InChI=1S/C10H14N2O/c1-12-10(13)9-5-3-2-4-8(9)6-7-11/h2-5H,6-7,11H2,1H3,(H,12,13). The van der Waals surface area contributed by atoms with Crippen LogP contribution < -0.4 is 11.1 Å². The normalized spacial score (nSPS) is 9.69. The second-order valence-electron chi connectivity index (χ2n) is 2.77. The van der Waals surface area contributed by atoms with Crippen molar-refractivity contribution in [3.63, 3.8) is 0 Å². The van der Waals surface area contributed by atoms with Crippen molar-refractivity contribution in [2.24, 2.45) is 5.73 Å². The molecule has 0 unspecified atom stereocenters. The molecule has 0 aliphatic rings. The van der Waals surface area contributed by atoms with E-state index in [4.69, 9.17) is 5.73 Å². The predicted octanol–water partition coefficient (Wildman–Crippen LogP) is 0.547. The summed E-state index contributed by atoms with van der Waals surface area (Å²) < 4.78 is 0. The maximum absolute atomic E-state index is 11.4. The second-order valence-corrected chi connectivity index (χ2v) is 2.77. The van der Waals surface area contributed by atoms with Gasteiger partial charge in [0.1, 0.15) is 0 Å². The summed E-state index contributed by atoms with van der Waals surface area (Å²) >= 11 is 0. The molecule has 0 fully saturated rings. The summed E-state index contributed by atoms with van der Waals surface area (Å²) in [4.78, 5) is 11.4. The first-order valence-corrected chi connectivity index (χ1v) is 4.29. The Labute approximate surface area is 77.9 Å². The van der Waals surface area contributed by atoms with Crippen LogP contribution in [0.5, 0.6) is 0 Å². The van der Waals surface area contributed by atoms with Crippen LogP contribution in [0.3, 0.4) is 0 Å². The average molecular weight is 178 g/mol. The molecular weight excluding hydrogens is 164 g/mol. The lowest BCUT2D eigenvalue weighted by atomic mass is 10.0. The molecule has 1 aromatic carbocycles. The Morgan fingerprint density at radius 1 is 1.46 bits per heavy atom. The van der Waals surface area contributed by atoms with Gasteiger partial charge in [0, 0.05) is 12.6 Å². The van der Waals surface area contributed by atoms with E-state index in [-0.39, 0.29) is 5.91 Å². The number of rotatable bonds is 3. The van der Waals surface area contributed by atoms with E-state index >= 15 is 0 Å². The van der Waals surface area contributed by atoms with E-state index < -0.39 is 0 Å². The quantitative estimate of drug-likeness (QED) is 0.710. The van der Waals surface area contributed by atoms with Crippen LogP contribution in [-0.2, 0) is 6.42 Å². The highest BCUT2D eigenvalue weighted by Gasteiger charge is 2.07. The van der Waals surface area contributed by atoms with Gasteiger partial charge >= 0.3 is 0 Å². The van der Waals surface area contributed by atoms with Gasteiger partial charge in [-0.3, -0.25) is 4.79 Å². The molecule has 1 aromatic rings. The smallest absolute Gasteiger partial charge is 0.251 e. The lowest BCUT2D eigenvalue weighted by Crippen LogP contribution is -2.20. The third-order valence-electron chi connectivity index (χ3n) is 1.90. The topological polar surface area (TPSA) is 55.1 Å². The highest BCUT2D eigenvalue weighted by atomic mass is 16.1. The lowest BCUT2D eigenvalue weighted by Gasteiger charge is -2.06. The summed E-state index contributed by atoms with van der Waals surface area (Å²) in [7, 11) is 1.63. The maximum Gasteiger partial charge on any atom is 0.251 e. The van der Waals surface area contributed by atoms with E-state index in [9.17, 15) is 4.79 Å². The largest absolute Gasteiger partial charge is 0.355 e. The SMILES string of the molecule is CNC(=O)c1ccccc1CCN. The summed E-state index contributed by atoms with van der Waals surface area (Å²) in [6, 6.07) is 7.50. The first kappa shape index (κ1) is 9.74. The van der Waals surface area contributed by atoms with E-state index in [2.05, 4.69) is 5.32 Å². The number of hydrogen-bond acceptors (Lipinski definition) is 2. The fourth-order valence-corrected chi connectivity index (χ4v) is 1.25. The van der Waals surface area contributed by atoms with Crippen LogP contribution in [0.2, 0.25) is 0 Å². The van der Waals surface area contributed by atoms with Crippen LogP contribution in [-0.4, -0.2) is 19.5 Å². The molecule has 3 heteroatoms. The summed E-state index contributed by atoms with van der Waals surface area (Å²) in [6.07, 6.45) is 0.740. The van der Waals surface area contributed by atoms with Gasteiger partial charge in [0.15, 0.2) is 0 Å². The second kappa shape index (κ2) is 4.62. The molecule has 0 atom stereocenters. The zero-order chi connectivity index (χ0) is 9.68. The van der Waals surface area contributed by atoms with Gasteiger partial charge in [0.2, 0.25) is 0 Å². The minimum atomic E-state index is -0.0518. The fourth-order valence-electron chi connectivity index (χ4n) is 1.25. The van der Waals surface area contributed by atoms with Crippen molar-refractivity contribution < 1.29 is 4.79 Å². The van der Waals surface area contributed by atoms with Gasteiger partial charge in [-0.2, -0.15) is 0 Å². The highest BCUT2D eigenvalue weighted by Crippen LogP contribution is 2.08. The van der Waals surface area contributed by atoms with Crippen molar-refractivity contribution in [1.29, 1.82) is 0 Å². The number of carbonyl (C=O) groups excluding carboxylic acids is 1. The Kier molecular flexibility index (Phi) is 3.46. The molecule has 0 saturated carbocycles. The molecule has 3 nitrogen and oxygen atoms in total. The Morgan fingerprint density at radius 2 is 2.15 bits per heavy atom. The summed E-state index contributed by atoms with van der Waals surface area (Å²) in [6.45, 7) is 0.563. The number of nitrogens with two attached hydrogens (primary N) is 1. The molecule has 0 radical (unpaired) electrons. The molecule has 0 saturated heterocycles. The summed E-state index contributed by atoms with van der Waals surface area (Å²) in [5, 5.41) is 2.60. The van der Waals surface area contributed by atoms with E-state index in [0.29, 0.717) is 6.54 Å². The molecule has 0 spiro atoms. The molecule has 3 N–H and O–H groups in total. The van der Waals surface area contributed by atoms with Crippen LogP contribution >= 0.6 is 0 Å². The van der Waals surface area contributed by atoms with Gasteiger partial charge in [-0.05, 0) is 24.6 Å². The van der Waals surface area contributed by atoms with Crippen molar-refractivity contribution >= 4 is 5.91 Å². The Balaban J connectivity index is 2.97. The predicted molar refractivity (Wildman–Crippen MR) is 52.6 cm³/mol. The first-order valence-electron chi connectivity index (χ1n) is 4.29. The molecule has 13 heavy (non-hydrogen) atoms. The molecule has 0 aliphatic heterocycles. The van der Waals surface area contributed by atoms with Gasteiger partial charge in [0.05, 0.1) is 0 Å². The molecule has 0 heterocycles. The van der Waals surface area contributed by atoms with Crippen molar-refractivity contribution in [3.8, 4) is 0 Å². The van der Waals surface area contributed by atoms with Gasteiger partial charge in [-0.25, -0.2) is 0 Å². The van der Waals surface area contributed by atoms with Crippen molar-refractivity contribution in [2.75, 3.05) is 13.6 Å². The highest BCUT2D eigenvalue weighted by molar-refractivity contribution is 5.95. The molecule has 1 rings (SSSR count). The van der Waals surface area contributed by atoms with E-state index in [1.165, 1.54) is 0 Å².